The molecule has 1 aliphatic rings. The number of nitriles is 1. The zero-order valence-electron chi connectivity index (χ0n) is 23.9. The molecule has 0 spiro atoms. The molecule has 9 heteroatoms. The second-order valence-corrected chi connectivity index (χ2v) is 10.9. The zero-order chi connectivity index (χ0) is 29.8. The van der Waals surface area contributed by atoms with Gasteiger partial charge in [-0.25, -0.2) is 13.7 Å². The van der Waals surface area contributed by atoms with Crippen molar-refractivity contribution in [2.75, 3.05) is 0 Å². The number of carboxylic acids is 1. The third-order valence-electron chi connectivity index (χ3n) is 8.23. The molecule has 2 heterocycles. The van der Waals surface area contributed by atoms with Crippen molar-refractivity contribution in [3.63, 3.8) is 0 Å². The molecule has 1 fully saturated rings. The molecule has 8 nitrogen and oxygen atoms in total. The van der Waals surface area contributed by atoms with Crippen LogP contribution in [0.1, 0.15) is 80.8 Å². The van der Waals surface area contributed by atoms with Crippen molar-refractivity contribution in [3.8, 4) is 17.2 Å². The van der Waals surface area contributed by atoms with Crippen molar-refractivity contribution in [1.82, 2.24) is 14.2 Å². The highest BCUT2D eigenvalue weighted by Crippen LogP contribution is 2.32. The molecule has 1 saturated carbocycles. The fourth-order valence-electron chi connectivity index (χ4n) is 6.09. The maximum Gasteiger partial charge on any atom is 0.332 e. The number of ether oxygens (including phenoxy) is 1. The lowest BCUT2D eigenvalue weighted by atomic mass is 9.92. The Morgan fingerprint density at radius 1 is 1.17 bits per heavy atom. The maximum atomic E-state index is 15.6. The number of benzene rings is 2. The summed E-state index contributed by atoms with van der Waals surface area (Å²) < 4.78 is 25.0. The number of aromatic nitrogens is 3. The van der Waals surface area contributed by atoms with E-state index < -0.39 is 17.9 Å². The third kappa shape index (κ3) is 5.72. The van der Waals surface area contributed by atoms with Gasteiger partial charge in [-0.15, -0.1) is 0 Å². The molecular weight excluding hydrogens is 535 g/mol. The molecule has 4 aromatic rings. The Balaban J connectivity index is 1.49. The maximum absolute atomic E-state index is 15.6. The molecule has 5 rings (SSSR count). The number of hydrogen-bond acceptors (Lipinski definition) is 5. The molecule has 2 aromatic heterocycles. The van der Waals surface area contributed by atoms with E-state index in [-0.39, 0.29) is 24.1 Å². The molecule has 218 valence electrons. The number of carboxylic acid groups (broad SMARTS) is 1. The Labute approximate surface area is 244 Å². The van der Waals surface area contributed by atoms with Gasteiger partial charge in [0.1, 0.15) is 11.5 Å². The highest BCUT2D eigenvalue weighted by Gasteiger charge is 2.30. The van der Waals surface area contributed by atoms with E-state index in [1.165, 1.54) is 6.07 Å². The van der Waals surface area contributed by atoms with Gasteiger partial charge in [-0.3, -0.25) is 9.36 Å². The van der Waals surface area contributed by atoms with E-state index >= 15 is 4.39 Å². The molecule has 2 aromatic carbocycles. The van der Waals surface area contributed by atoms with E-state index in [1.807, 2.05) is 23.6 Å². The van der Waals surface area contributed by atoms with Crippen LogP contribution in [-0.2, 0) is 22.4 Å². The van der Waals surface area contributed by atoms with Crippen molar-refractivity contribution < 1.29 is 19.0 Å². The zero-order valence-corrected chi connectivity index (χ0v) is 23.9. The number of aryl methyl sites for hydroxylation is 1. The monoisotopic (exact) mass is 570 g/mol. The number of hydrogen-bond donors (Lipinski definition) is 1. The topological polar surface area (TPSA) is 110 Å². The first-order chi connectivity index (χ1) is 20.4. The molecule has 0 amide bonds. The fourth-order valence-corrected chi connectivity index (χ4v) is 6.09. The normalized spacial score (nSPS) is 17.7. The minimum absolute atomic E-state index is 0.106. The lowest BCUT2D eigenvalue weighted by molar-refractivity contribution is -0.156. The van der Waals surface area contributed by atoms with Gasteiger partial charge in [-0.05, 0) is 67.3 Å². The number of rotatable bonds is 10. The van der Waals surface area contributed by atoms with Crippen LogP contribution in [0.3, 0.4) is 0 Å². The highest BCUT2D eigenvalue weighted by molar-refractivity contribution is 5.72. The number of carbonyl (C=O) groups is 1. The summed E-state index contributed by atoms with van der Waals surface area (Å²) in [6.45, 7) is 3.83. The second-order valence-electron chi connectivity index (χ2n) is 10.9. The molecular formula is C33H35FN4O4. The van der Waals surface area contributed by atoms with E-state index in [0.717, 1.165) is 12.1 Å². The van der Waals surface area contributed by atoms with Gasteiger partial charge >= 0.3 is 5.97 Å². The molecule has 0 radical (unpaired) electrons. The van der Waals surface area contributed by atoms with Gasteiger partial charge < -0.3 is 9.84 Å². The van der Waals surface area contributed by atoms with Gasteiger partial charge in [0.25, 0.3) is 5.56 Å². The first-order valence-corrected chi connectivity index (χ1v) is 14.6. The van der Waals surface area contributed by atoms with Crippen LogP contribution in [0.15, 0.2) is 59.5 Å². The molecule has 0 bridgehead atoms. The highest BCUT2D eigenvalue weighted by atomic mass is 19.1. The summed E-state index contributed by atoms with van der Waals surface area (Å²) in [5.41, 5.74) is 3.99. The minimum atomic E-state index is -0.956. The summed E-state index contributed by atoms with van der Waals surface area (Å²) in [7, 11) is 0. The second kappa shape index (κ2) is 12.7. The van der Waals surface area contributed by atoms with Gasteiger partial charge in [0.2, 0.25) is 0 Å². The number of aliphatic carboxylic acids is 1. The van der Waals surface area contributed by atoms with Crippen LogP contribution in [-0.4, -0.2) is 37.5 Å². The first kappa shape index (κ1) is 29.2. The molecule has 0 saturated heterocycles. The van der Waals surface area contributed by atoms with Crippen LogP contribution in [0, 0.1) is 17.1 Å². The lowest BCUT2D eigenvalue weighted by Crippen LogP contribution is -2.36. The van der Waals surface area contributed by atoms with Gasteiger partial charge in [0, 0.05) is 24.1 Å². The molecule has 1 unspecified atom stereocenters. The Bertz CT molecular complexity index is 1690. The van der Waals surface area contributed by atoms with Gasteiger partial charge in [0.05, 0.1) is 29.6 Å². The fraction of sp³-hybridized carbons (Fsp3) is 0.394. The van der Waals surface area contributed by atoms with E-state index in [0.29, 0.717) is 72.0 Å². The predicted octanol–water partition coefficient (Wildman–Crippen LogP) is 6.08. The van der Waals surface area contributed by atoms with Crippen LogP contribution in [0.5, 0.6) is 0 Å². The van der Waals surface area contributed by atoms with E-state index in [2.05, 4.69) is 11.2 Å². The van der Waals surface area contributed by atoms with Crippen molar-refractivity contribution in [2.45, 2.75) is 83.5 Å². The standard InChI is InChI=1S/C33H35FN4O4/c1-3-7-29-27(18-22-11-10-21(19-28(22)34)26-9-6-5-8-23(26)20-35)32(39)37(31-16-17-36-38(29)31)24-12-14-25(15-13-24)42-30(4-2)33(40)41/h5-6,8-11,16-17,19,24-25,30H,3-4,7,12-15,18H2,1-2H3,(H,40,41). The van der Waals surface area contributed by atoms with Crippen LogP contribution in [0.25, 0.3) is 16.8 Å². The molecule has 1 N–H and O–H groups in total. The Kier molecular flexibility index (Phi) is 8.83. The van der Waals surface area contributed by atoms with Crippen LogP contribution >= 0.6 is 0 Å². The number of halogens is 1. The van der Waals surface area contributed by atoms with Crippen molar-refractivity contribution >= 4 is 11.6 Å². The number of fused-ring (bicyclic) bond motifs is 1. The van der Waals surface area contributed by atoms with Gasteiger partial charge in [-0.2, -0.15) is 10.4 Å². The summed E-state index contributed by atoms with van der Waals surface area (Å²) >= 11 is 0. The Morgan fingerprint density at radius 2 is 1.93 bits per heavy atom. The minimum Gasteiger partial charge on any atom is -0.479 e. The lowest BCUT2D eigenvalue weighted by Gasteiger charge is -2.32. The molecule has 1 atom stereocenters. The van der Waals surface area contributed by atoms with Crippen LogP contribution in [0.4, 0.5) is 4.39 Å². The summed E-state index contributed by atoms with van der Waals surface area (Å²) in [6.07, 6.45) is 5.23. The third-order valence-corrected chi connectivity index (χ3v) is 8.23. The van der Waals surface area contributed by atoms with E-state index in [4.69, 9.17) is 4.74 Å². The Hall–Kier alpha value is -4.29. The average Bonchev–Trinajstić information content (AvgIpc) is 3.48. The quantitative estimate of drug-likeness (QED) is 0.247. The average molecular weight is 571 g/mol. The van der Waals surface area contributed by atoms with Gasteiger partial charge in [0.15, 0.2) is 6.10 Å². The van der Waals surface area contributed by atoms with Crippen LogP contribution < -0.4 is 5.56 Å². The van der Waals surface area contributed by atoms with Gasteiger partial charge in [-0.1, -0.05) is 50.6 Å². The smallest absolute Gasteiger partial charge is 0.332 e. The van der Waals surface area contributed by atoms with E-state index in [1.54, 1.807) is 48.0 Å². The SMILES string of the molecule is CCCc1c(Cc2ccc(-c3ccccc3C#N)cc2F)c(=O)n(C2CCC(OC(CC)C(=O)O)CC2)c2ccnn12. The molecule has 1 aliphatic carbocycles. The van der Waals surface area contributed by atoms with Crippen molar-refractivity contribution in [2.24, 2.45) is 0 Å². The van der Waals surface area contributed by atoms with Crippen molar-refractivity contribution in [3.05, 3.63) is 93.3 Å². The Morgan fingerprint density at radius 3 is 2.60 bits per heavy atom. The van der Waals surface area contributed by atoms with Crippen LogP contribution in [0.2, 0.25) is 0 Å². The summed E-state index contributed by atoms with van der Waals surface area (Å²) in [4.78, 5) is 25.7. The summed E-state index contributed by atoms with van der Waals surface area (Å²) in [6, 6.07) is 15.9. The van der Waals surface area contributed by atoms with E-state index in [9.17, 15) is 20.0 Å². The van der Waals surface area contributed by atoms with Crippen molar-refractivity contribution in [1.29, 1.82) is 5.26 Å². The number of nitrogens with zero attached hydrogens (tertiary/aromatic N) is 4. The summed E-state index contributed by atoms with van der Waals surface area (Å²) in [5.74, 6) is -1.39. The first-order valence-electron chi connectivity index (χ1n) is 14.6. The largest absolute Gasteiger partial charge is 0.479 e. The predicted molar refractivity (Wildman–Crippen MR) is 157 cm³/mol. The summed E-state index contributed by atoms with van der Waals surface area (Å²) in [5, 5.41) is 23.4. The molecule has 0 aliphatic heterocycles. The molecule has 42 heavy (non-hydrogen) atoms.